The van der Waals surface area contributed by atoms with Crippen LogP contribution < -0.4 is 0 Å². The molecule has 0 radical (unpaired) electrons. The van der Waals surface area contributed by atoms with Crippen molar-refractivity contribution in [2.75, 3.05) is 0 Å². The minimum absolute atomic E-state index is 0. The molecule has 0 bridgehead atoms. The van der Waals surface area contributed by atoms with E-state index in [0.717, 1.165) is 0 Å². The molecule has 0 aromatic heterocycles. The van der Waals surface area contributed by atoms with E-state index in [1.807, 2.05) is 0 Å². The first-order chi connectivity index (χ1) is 1.00. The van der Waals surface area contributed by atoms with E-state index in [1.165, 1.54) is 8.62 Å². The van der Waals surface area contributed by atoms with E-state index in [4.69, 9.17) is 0 Å². The predicted molar refractivity (Wildman–Crippen MR) is 19.9 cm³/mol. The Kier molecular flexibility index (Phi) is 88.8. The van der Waals surface area contributed by atoms with Gasteiger partial charge in [0.15, 0.2) is 17.4 Å². The van der Waals surface area contributed by atoms with Gasteiger partial charge in [0.2, 0.25) is 0 Å². The molecule has 0 nitrogen and oxygen atoms in total. The first kappa shape index (κ1) is 16.9. The third kappa shape index (κ3) is 9.13. The van der Waals surface area contributed by atoms with E-state index in [0.29, 0.717) is 0 Å². The average molecular weight is 168 g/mol. The zero-order valence-electron chi connectivity index (χ0n) is 1.80. The van der Waals surface area contributed by atoms with Gasteiger partial charge in [-0.05, 0) is 0 Å². The third-order valence-corrected chi connectivity index (χ3v) is 0. The molecule has 26 valence electrons. The molecular formula is H6AlFeSiV. The van der Waals surface area contributed by atoms with Gasteiger partial charge in [0.25, 0.3) is 0 Å². The summed E-state index contributed by atoms with van der Waals surface area (Å²) in [7, 11) is 1.24. The Labute approximate surface area is 59.5 Å². The molecule has 0 aromatic rings. The van der Waals surface area contributed by atoms with E-state index >= 15 is 0 Å². The van der Waals surface area contributed by atoms with Crippen LogP contribution in [0, 0.1) is 0 Å². The Balaban J connectivity index is -0.00000000500. The molecule has 0 rings (SSSR count). The zero-order chi connectivity index (χ0) is 2.00. The van der Waals surface area contributed by atoms with E-state index < -0.39 is 0 Å². The van der Waals surface area contributed by atoms with Crippen LogP contribution in [0.4, 0.5) is 0 Å². The molecule has 0 aliphatic heterocycles. The Morgan fingerprint density at radius 3 is 1.25 bits per heavy atom. The molecule has 0 atom stereocenters. The van der Waals surface area contributed by atoms with Crippen molar-refractivity contribution >= 4 is 26.0 Å². The molecule has 0 aliphatic carbocycles. The summed E-state index contributed by atoms with van der Waals surface area (Å²) in [5.41, 5.74) is 0. The third-order valence-electron chi connectivity index (χ3n) is 0. The zero-order valence-corrected chi connectivity index (χ0v) is 6.30. The van der Waals surface area contributed by atoms with Crippen LogP contribution in [0.25, 0.3) is 0 Å². The van der Waals surface area contributed by atoms with Gasteiger partial charge in [0.1, 0.15) is 0 Å². The van der Waals surface area contributed by atoms with Crippen molar-refractivity contribution in [2.45, 2.75) is 0 Å². The summed E-state index contributed by atoms with van der Waals surface area (Å²) >= 11 is 2.45. The van der Waals surface area contributed by atoms with E-state index in [2.05, 4.69) is 16.8 Å². The first-order valence-electron chi connectivity index (χ1n) is 0.447. The quantitative estimate of drug-likeness (QED) is 0.354. The van der Waals surface area contributed by atoms with Crippen LogP contribution >= 0.6 is 0 Å². The molecule has 0 amide bonds. The van der Waals surface area contributed by atoms with Gasteiger partial charge in [-0.3, -0.25) is 0 Å². The van der Waals surface area contributed by atoms with Gasteiger partial charge in [0.05, 0.1) is 0 Å². The average Bonchev–Trinajstić information content (AvgIpc) is 1.00. The summed E-state index contributed by atoms with van der Waals surface area (Å²) in [6.45, 7) is 0. The van der Waals surface area contributed by atoms with Crippen molar-refractivity contribution in [3.05, 3.63) is 0 Å². The standard InChI is InChI=1S/Al.Fe.H3Si.V.3H/h;;1H3;;;;. The van der Waals surface area contributed by atoms with Gasteiger partial charge in [-0.2, -0.15) is 0 Å². The molecule has 4 heteroatoms. The Hall–Kier alpha value is 1.85. The van der Waals surface area contributed by atoms with Crippen molar-refractivity contribution in [3.63, 3.8) is 0 Å². The van der Waals surface area contributed by atoms with E-state index in [1.54, 1.807) is 0 Å². The molecule has 0 N–H and O–H groups in total. The van der Waals surface area contributed by atoms with Crippen molar-refractivity contribution in [1.29, 1.82) is 0 Å². The van der Waals surface area contributed by atoms with Gasteiger partial charge in [-0.25, -0.2) is 0 Å². The van der Waals surface area contributed by atoms with Crippen LogP contribution in [-0.2, 0) is 33.8 Å². The number of hydrogen-bond acceptors (Lipinski definition) is 0. The molecular weight excluding hydrogens is 162 g/mol. The van der Waals surface area contributed by atoms with Crippen LogP contribution in [0.3, 0.4) is 0 Å². The molecule has 0 heterocycles. The second-order valence-corrected chi connectivity index (χ2v) is 0. The van der Waals surface area contributed by atoms with Gasteiger partial charge >= 0.3 is 25.4 Å². The fourth-order valence-corrected chi connectivity index (χ4v) is 0. The summed E-state index contributed by atoms with van der Waals surface area (Å²) in [5.74, 6) is 0. The molecule has 0 spiro atoms. The van der Waals surface area contributed by atoms with E-state index in [9.17, 15) is 0 Å². The van der Waals surface area contributed by atoms with Gasteiger partial charge in [-0.15, -0.1) is 0 Å². The topological polar surface area (TPSA) is 0 Å². The monoisotopic (exact) mass is 168 g/mol. The minimum atomic E-state index is 0. The normalized spacial score (nSPS) is 2.00. The molecule has 0 saturated heterocycles. The summed E-state index contributed by atoms with van der Waals surface area (Å²) < 4.78 is 0. The molecule has 0 unspecified atom stereocenters. The Bertz CT molecular complexity index is 8.00. The number of rotatable bonds is 0. The molecule has 0 saturated carbocycles. The van der Waals surface area contributed by atoms with Crippen molar-refractivity contribution in [3.8, 4) is 0 Å². The van der Waals surface area contributed by atoms with Gasteiger partial charge < -0.3 is 0 Å². The van der Waals surface area contributed by atoms with Crippen molar-refractivity contribution in [1.82, 2.24) is 0 Å². The summed E-state index contributed by atoms with van der Waals surface area (Å²) in [4.78, 5) is 0. The molecule has 0 aromatic carbocycles. The summed E-state index contributed by atoms with van der Waals surface area (Å²) in [6, 6.07) is 0. The maximum atomic E-state index is 2.45. The predicted octanol–water partition coefficient (Wildman–Crippen LogP) is -2.37. The van der Waals surface area contributed by atoms with Crippen LogP contribution in [-0.4, -0.2) is 26.0 Å². The fourth-order valence-electron chi connectivity index (χ4n) is 0. The Morgan fingerprint density at radius 1 is 1.25 bits per heavy atom. The fraction of sp³-hybridized carbons (Fsp3) is 0. The second kappa shape index (κ2) is 21.0. The van der Waals surface area contributed by atoms with Crippen LogP contribution in [0.1, 0.15) is 0 Å². The molecule has 0 aliphatic rings. The van der Waals surface area contributed by atoms with Crippen LogP contribution in [0.5, 0.6) is 0 Å². The number of hydrogen-bond donors (Lipinski definition) is 0. The summed E-state index contributed by atoms with van der Waals surface area (Å²) in [5, 5.41) is 0. The molecule has 4 heavy (non-hydrogen) atoms. The maximum absolute atomic E-state index is 2.45. The first-order valence-corrected chi connectivity index (χ1v) is 5.53. The second-order valence-electron chi connectivity index (χ2n) is 0. The van der Waals surface area contributed by atoms with E-state index in [-0.39, 0.29) is 34.4 Å². The SMILES string of the molecule is [AlH3].[Fe].[SiH3][V]. The van der Waals surface area contributed by atoms with Crippen molar-refractivity contribution < 1.29 is 33.8 Å². The van der Waals surface area contributed by atoms with Gasteiger partial charge in [0, 0.05) is 17.1 Å². The Morgan fingerprint density at radius 2 is 1.25 bits per heavy atom. The summed E-state index contributed by atoms with van der Waals surface area (Å²) in [6.07, 6.45) is 0. The van der Waals surface area contributed by atoms with Gasteiger partial charge in [-0.1, -0.05) is 0 Å². The van der Waals surface area contributed by atoms with Crippen molar-refractivity contribution in [2.24, 2.45) is 0 Å². The molecule has 0 fully saturated rings. The van der Waals surface area contributed by atoms with Crippen LogP contribution in [0.2, 0.25) is 0 Å². The van der Waals surface area contributed by atoms with Crippen LogP contribution in [0.15, 0.2) is 0 Å².